The highest BCUT2D eigenvalue weighted by molar-refractivity contribution is 7.99. The maximum absolute atomic E-state index is 12.3. The summed E-state index contributed by atoms with van der Waals surface area (Å²) in [4.78, 5) is 24.0. The molecular weight excluding hydrogens is 418 g/mol. The molecule has 0 fully saturated rings. The highest BCUT2D eigenvalue weighted by Crippen LogP contribution is 2.18. The average molecular weight is 437 g/mol. The summed E-state index contributed by atoms with van der Waals surface area (Å²) in [5, 5.41) is 20.1. The summed E-state index contributed by atoms with van der Waals surface area (Å²) < 4.78 is 8.28. The highest BCUT2D eigenvalue weighted by Gasteiger charge is 2.14. The maximum Gasteiger partial charge on any atom is 0.337 e. The average Bonchev–Trinajstić information content (AvgIpc) is 3.36. The van der Waals surface area contributed by atoms with Crippen molar-refractivity contribution in [2.75, 3.05) is 18.2 Å². The number of esters is 1. The fourth-order valence-corrected chi connectivity index (χ4v) is 3.68. The molecule has 31 heavy (non-hydrogen) atoms. The van der Waals surface area contributed by atoms with E-state index in [0.29, 0.717) is 28.8 Å². The summed E-state index contributed by atoms with van der Waals surface area (Å²) in [6.07, 6.45) is 0. The van der Waals surface area contributed by atoms with Gasteiger partial charge in [-0.3, -0.25) is 4.79 Å². The summed E-state index contributed by atoms with van der Waals surface area (Å²) in [6.45, 7) is 0.414. The number of methoxy groups -OCH3 is 1. The first-order valence-electron chi connectivity index (χ1n) is 9.32. The number of para-hydroxylation sites is 1. The van der Waals surface area contributed by atoms with E-state index in [1.165, 1.54) is 18.9 Å². The van der Waals surface area contributed by atoms with Crippen molar-refractivity contribution >= 4 is 40.4 Å². The van der Waals surface area contributed by atoms with Gasteiger partial charge in [0, 0.05) is 12.7 Å². The van der Waals surface area contributed by atoms with Gasteiger partial charge >= 0.3 is 5.97 Å². The Morgan fingerprint density at radius 3 is 2.77 bits per heavy atom. The highest BCUT2D eigenvalue weighted by atomic mass is 32.2. The van der Waals surface area contributed by atoms with Crippen LogP contribution < -0.4 is 5.32 Å². The van der Waals surface area contributed by atoms with Gasteiger partial charge < -0.3 is 14.6 Å². The van der Waals surface area contributed by atoms with Crippen LogP contribution in [0.5, 0.6) is 0 Å². The van der Waals surface area contributed by atoms with Crippen LogP contribution >= 0.6 is 11.8 Å². The summed E-state index contributed by atoms with van der Waals surface area (Å²) in [7, 11) is 3.15. The lowest BCUT2D eigenvalue weighted by Gasteiger charge is -2.07. The van der Waals surface area contributed by atoms with E-state index in [9.17, 15) is 9.59 Å². The molecule has 158 valence electrons. The van der Waals surface area contributed by atoms with Gasteiger partial charge in [0.15, 0.2) is 11.0 Å². The van der Waals surface area contributed by atoms with Crippen LogP contribution in [-0.2, 0) is 23.1 Å². The zero-order valence-corrected chi connectivity index (χ0v) is 17.7. The minimum atomic E-state index is -0.461. The molecule has 0 saturated carbocycles. The van der Waals surface area contributed by atoms with Gasteiger partial charge in [0.2, 0.25) is 5.91 Å². The summed E-state index contributed by atoms with van der Waals surface area (Å²) in [6, 6.07) is 14.3. The number of aromatic nitrogens is 6. The van der Waals surface area contributed by atoms with E-state index in [1.54, 1.807) is 28.9 Å². The van der Waals surface area contributed by atoms with Crippen LogP contribution in [0.15, 0.2) is 53.7 Å². The number of ether oxygens (including phenoxy) is 1. The van der Waals surface area contributed by atoms with Crippen LogP contribution in [0, 0.1) is 0 Å². The van der Waals surface area contributed by atoms with E-state index in [4.69, 9.17) is 4.74 Å². The van der Waals surface area contributed by atoms with Crippen molar-refractivity contribution in [1.82, 2.24) is 29.8 Å². The first kappa shape index (κ1) is 20.5. The largest absolute Gasteiger partial charge is 0.465 e. The quantitative estimate of drug-likeness (QED) is 0.345. The smallest absolute Gasteiger partial charge is 0.337 e. The lowest BCUT2D eigenvalue weighted by atomic mass is 10.2. The zero-order chi connectivity index (χ0) is 21.8. The molecule has 0 aliphatic carbocycles. The molecule has 0 unspecified atom stereocenters. The Morgan fingerprint density at radius 1 is 1.10 bits per heavy atom. The second kappa shape index (κ2) is 8.96. The number of nitrogens with one attached hydrogen (secondary N) is 1. The van der Waals surface area contributed by atoms with E-state index in [0.717, 1.165) is 11.0 Å². The molecule has 11 heteroatoms. The molecule has 0 aliphatic rings. The Labute approximate surface area is 181 Å². The number of amides is 1. The van der Waals surface area contributed by atoms with Gasteiger partial charge in [0.1, 0.15) is 12.1 Å². The van der Waals surface area contributed by atoms with Gasteiger partial charge in [-0.15, -0.1) is 15.3 Å². The number of rotatable bonds is 7. The molecule has 2 heterocycles. The van der Waals surface area contributed by atoms with Crippen LogP contribution in [0.1, 0.15) is 16.2 Å². The standard InChI is InChI=1S/C20H19N7O3S/c1-26-17(11-27-16-9-4-3-8-15(16)22-25-27)23-24-20(26)31-12-18(28)21-14-7-5-6-13(10-14)19(29)30-2/h3-10H,11-12H2,1-2H3,(H,21,28). The molecule has 1 amide bonds. The molecule has 2 aromatic heterocycles. The van der Waals surface area contributed by atoms with E-state index in [-0.39, 0.29) is 11.7 Å². The van der Waals surface area contributed by atoms with E-state index >= 15 is 0 Å². The number of fused-ring (bicyclic) bond motifs is 1. The minimum absolute atomic E-state index is 0.140. The molecule has 0 bridgehead atoms. The number of thioether (sulfide) groups is 1. The van der Waals surface area contributed by atoms with Gasteiger partial charge in [-0.05, 0) is 30.3 Å². The van der Waals surface area contributed by atoms with E-state index in [1.807, 2.05) is 35.9 Å². The fourth-order valence-electron chi connectivity index (χ4n) is 2.95. The first-order chi connectivity index (χ1) is 15.0. The zero-order valence-electron chi connectivity index (χ0n) is 16.8. The third-order valence-corrected chi connectivity index (χ3v) is 5.56. The SMILES string of the molecule is COC(=O)c1cccc(NC(=O)CSc2nnc(Cn3nnc4ccccc43)n2C)c1. The van der Waals surface area contributed by atoms with E-state index in [2.05, 4.69) is 25.8 Å². The molecule has 0 saturated heterocycles. The van der Waals surface area contributed by atoms with Crippen molar-refractivity contribution < 1.29 is 14.3 Å². The molecular formula is C20H19N7O3S. The van der Waals surface area contributed by atoms with Crippen molar-refractivity contribution in [2.45, 2.75) is 11.7 Å². The lowest BCUT2D eigenvalue weighted by Crippen LogP contribution is -2.15. The third kappa shape index (κ3) is 4.56. The molecule has 4 rings (SSSR count). The summed E-state index contributed by atoms with van der Waals surface area (Å²) >= 11 is 1.27. The molecule has 0 spiro atoms. The third-order valence-electron chi connectivity index (χ3n) is 4.54. The van der Waals surface area contributed by atoms with Crippen molar-refractivity contribution in [1.29, 1.82) is 0 Å². The Kier molecular flexibility index (Phi) is 5.94. The van der Waals surface area contributed by atoms with Crippen LogP contribution in [0.2, 0.25) is 0 Å². The first-order valence-corrected chi connectivity index (χ1v) is 10.3. The van der Waals surface area contributed by atoms with Crippen LogP contribution in [0.4, 0.5) is 5.69 Å². The molecule has 1 N–H and O–H groups in total. The number of hydrogen-bond donors (Lipinski definition) is 1. The van der Waals surface area contributed by atoms with Gasteiger partial charge in [-0.2, -0.15) is 0 Å². The monoisotopic (exact) mass is 437 g/mol. The second-order valence-corrected chi connectivity index (χ2v) is 7.55. The molecule has 4 aromatic rings. The predicted molar refractivity (Wildman–Crippen MR) is 115 cm³/mol. The summed E-state index contributed by atoms with van der Waals surface area (Å²) in [5.41, 5.74) is 2.61. The number of anilines is 1. The number of nitrogens with zero attached hydrogens (tertiary/aromatic N) is 6. The van der Waals surface area contributed by atoms with E-state index < -0.39 is 5.97 Å². The topological polar surface area (TPSA) is 117 Å². The number of carbonyl (C=O) groups excluding carboxylic acids is 2. The second-order valence-electron chi connectivity index (χ2n) is 6.60. The van der Waals surface area contributed by atoms with Crippen LogP contribution in [0.25, 0.3) is 11.0 Å². The van der Waals surface area contributed by atoms with Crippen molar-refractivity contribution in [3.63, 3.8) is 0 Å². The van der Waals surface area contributed by atoms with Gasteiger partial charge in [-0.25, -0.2) is 9.48 Å². The number of hydrogen-bond acceptors (Lipinski definition) is 8. The van der Waals surface area contributed by atoms with Gasteiger partial charge in [-0.1, -0.05) is 35.2 Å². The number of carbonyl (C=O) groups is 2. The van der Waals surface area contributed by atoms with Crippen molar-refractivity contribution in [3.8, 4) is 0 Å². The minimum Gasteiger partial charge on any atom is -0.465 e. The lowest BCUT2D eigenvalue weighted by molar-refractivity contribution is -0.113. The fraction of sp³-hybridized carbons (Fsp3) is 0.200. The van der Waals surface area contributed by atoms with Crippen LogP contribution in [0.3, 0.4) is 0 Å². The Hall–Kier alpha value is -3.73. The van der Waals surface area contributed by atoms with Crippen molar-refractivity contribution in [3.05, 3.63) is 59.9 Å². The molecule has 0 aliphatic heterocycles. The predicted octanol–water partition coefficient (Wildman–Crippen LogP) is 2.13. The molecule has 10 nitrogen and oxygen atoms in total. The Morgan fingerprint density at radius 2 is 1.94 bits per heavy atom. The molecule has 0 atom stereocenters. The number of benzene rings is 2. The summed E-state index contributed by atoms with van der Waals surface area (Å²) in [5.74, 6) is 0.154. The maximum atomic E-state index is 12.3. The van der Waals surface area contributed by atoms with Crippen LogP contribution in [-0.4, -0.2) is 54.5 Å². The van der Waals surface area contributed by atoms with Gasteiger partial charge in [0.05, 0.1) is 23.9 Å². The Balaban J connectivity index is 1.38. The van der Waals surface area contributed by atoms with Crippen molar-refractivity contribution in [2.24, 2.45) is 7.05 Å². The molecule has 2 aromatic carbocycles. The molecule has 0 radical (unpaired) electrons. The Bertz CT molecular complexity index is 1250. The normalized spacial score (nSPS) is 10.9. The van der Waals surface area contributed by atoms with Gasteiger partial charge in [0.25, 0.3) is 0 Å².